The first-order valence-corrected chi connectivity index (χ1v) is 6.24. The number of hydrogen-bond acceptors (Lipinski definition) is 3. The zero-order valence-corrected chi connectivity index (χ0v) is 10.0. The summed E-state index contributed by atoms with van der Waals surface area (Å²) in [6.07, 6.45) is 3.56. The van der Waals surface area contributed by atoms with E-state index in [4.69, 9.17) is 0 Å². The maximum atomic E-state index is 12.3. The molecule has 0 spiro atoms. The molecule has 1 aromatic heterocycles. The fourth-order valence-corrected chi connectivity index (χ4v) is 2.92. The normalized spacial score (nSPS) is 29.4. The van der Waals surface area contributed by atoms with Gasteiger partial charge in [-0.25, -0.2) is 0 Å². The van der Waals surface area contributed by atoms with Crippen LogP contribution in [0.3, 0.4) is 0 Å². The zero-order chi connectivity index (χ0) is 11.8. The molecule has 0 saturated carbocycles. The Morgan fingerprint density at radius 2 is 2.12 bits per heavy atom. The maximum absolute atomic E-state index is 12.3. The van der Waals surface area contributed by atoms with Gasteiger partial charge in [0, 0.05) is 38.6 Å². The summed E-state index contributed by atoms with van der Waals surface area (Å²) in [6.45, 7) is 5.85. The Morgan fingerprint density at radius 3 is 2.71 bits per heavy atom. The van der Waals surface area contributed by atoms with Gasteiger partial charge in [-0.1, -0.05) is 0 Å². The van der Waals surface area contributed by atoms with Crippen LogP contribution in [0.15, 0.2) is 18.5 Å². The molecule has 0 radical (unpaired) electrons. The molecule has 0 aliphatic carbocycles. The van der Waals surface area contributed by atoms with Crippen LogP contribution in [0.5, 0.6) is 0 Å². The van der Waals surface area contributed by atoms with E-state index < -0.39 is 0 Å². The average molecular weight is 234 g/mol. The molecular weight excluding hydrogens is 216 g/mol. The number of rotatable bonds is 2. The number of carbonyl (C=O) groups is 1. The molecule has 92 valence electrons. The van der Waals surface area contributed by atoms with Crippen LogP contribution >= 0.6 is 0 Å². The summed E-state index contributed by atoms with van der Waals surface area (Å²) in [5, 5.41) is 7.52. The lowest BCUT2D eigenvalue weighted by molar-refractivity contribution is -0.133. The van der Waals surface area contributed by atoms with Gasteiger partial charge in [-0.05, 0) is 24.8 Å². The molecule has 5 heteroatoms. The van der Waals surface area contributed by atoms with Gasteiger partial charge in [0.05, 0.1) is 0 Å². The lowest BCUT2D eigenvalue weighted by Gasteiger charge is -2.22. The smallest absolute Gasteiger partial charge is 0.247 e. The van der Waals surface area contributed by atoms with Crippen LogP contribution in [-0.2, 0) is 4.79 Å². The number of amides is 1. The molecule has 3 rings (SSSR count). The van der Waals surface area contributed by atoms with Gasteiger partial charge in [-0.2, -0.15) is 5.10 Å². The number of carbonyl (C=O) groups excluding carboxylic acids is 1. The Labute approximate surface area is 101 Å². The van der Waals surface area contributed by atoms with Crippen LogP contribution < -0.4 is 5.32 Å². The third-order valence-corrected chi connectivity index (χ3v) is 3.98. The van der Waals surface area contributed by atoms with Crippen molar-refractivity contribution in [2.45, 2.75) is 13.0 Å². The number of likely N-dealkylation sites (tertiary alicyclic amines) is 1. The minimum Gasteiger partial charge on any atom is -0.340 e. The van der Waals surface area contributed by atoms with Gasteiger partial charge < -0.3 is 10.2 Å². The number of fused-ring (bicyclic) bond motifs is 1. The van der Waals surface area contributed by atoms with E-state index in [1.165, 1.54) is 0 Å². The first-order chi connectivity index (χ1) is 8.25. The minimum absolute atomic E-state index is 0.184. The summed E-state index contributed by atoms with van der Waals surface area (Å²) in [7, 11) is 0. The number of aromatic nitrogens is 2. The second-order valence-electron chi connectivity index (χ2n) is 5.08. The Balaban J connectivity index is 1.67. The first kappa shape index (κ1) is 10.8. The molecule has 1 aromatic rings. The molecule has 0 aromatic carbocycles. The van der Waals surface area contributed by atoms with E-state index >= 15 is 0 Å². The van der Waals surface area contributed by atoms with Gasteiger partial charge in [-0.3, -0.25) is 9.48 Å². The summed E-state index contributed by atoms with van der Waals surface area (Å²) in [5.41, 5.74) is 0. The Hall–Kier alpha value is -1.36. The van der Waals surface area contributed by atoms with Crippen molar-refractivity contribution in [1.82, 2.24) is 20.0 Å². The van der Waals surface area contributed by atoms with Crippen LogP contribution in [0.2, 0.25) is 0 Å². The molecule has 3 unspecified atom stereocenters. The highest BCUT2D eigenvalue weighted by molar-refractivity contribution is 5.80. The van der Waals surface area contributed by atoms with Crippen LogP contribution in [-0.4, -0.2) is 46.8 Å². The summed E-state index contributed by atoms with van der Waals surface area (Å²) in [6, 6.07) is 1.67. The zero-order valence-electron chi connectivity index (χ0n) is 10.0. The van der Waals surface area contributed by atoms with E-state index in [0.29, 0.717) is 11.8 Å². The van der Waals surface area contributed by atoms with Crippen LogP contribution in [0, 0.1) is 11.8 Å². The molecule has 17 heavy (non-hydrogen) atoms. The molecule has 2 aliphatic rings. The molecule has 0 bridgehead atoms. The molecule has 2 saturated heterocycles. The van der Waals surface area contributed by atoms with Crippen molar-refractivity contribution in [3.05, 3.63) is 18.5 Å². The predicted molar refractivity (Wildman–Crippen MR) is 63.4 cm³/mol. The maximum Gasteiger partial charge on any atom is 0.247 e. The monoisotopic (exact) mass is 234 g/mol. The third-order valence-electron chi connectivity index (χ3n) is 3.98. The second-order valence-corrected chi connectivity index (χ2v) is 5.08. The summed E-state index contributed by atoms with van der Waals surface area (Å²) < 4.78 is 1.73. The third kappa shape index (κ3) is 1.84. The van der Waals surface area contributed by atoms with Gasteiger partial charge >= 0.3 is 0 Å². The van der Waals surface area contributed by atoms with Crippen molar-refractivity contribution in [3.8, 4) is 0 Å². The molecule has 3 heterocycles. The quantitative estimate of drug-likeness (QED) is 0.791. The second kappa shape index (κ2) is 4.14. The van der Waals surface area contributed by atoms with Gasteiger partial charge in [-0.15, -0.1) is 0 Å². The van der Waals surface area contributed by atoms with Gasteiger partial charge in [0.15, 0.2) is 0 Å². The van der Waals surface area contributed by atoms with Crippen molar-refractivity contribution in [2.75, 3.05) is 26.2 Å². The Kier molecular flexibility index (Phi) is 2.63. The Morgan fingerprint density at radius 1 is 1.41 bits per heavy atom. The van der Waals surface area contributed by atoms with E-state index in [0.717, 1.165) is 26.2 Å². The van der Waals surface area contributed by atoms with Crippen molar-refractivity contribution >= 4 is 5.91 Å². The Bertz CT molecular complexity index is 391. The van der Waals surface area contributed by atoms with Crippen molar-refractivity contribution in [2.24, 2.45) is 11.8 Å². The highest BCUT2D eigenvalue weighted by Gasteiger charge is 2.39. The fraction of sp³-hybridized carbons (Fsp3) is 0.667. The van der Waals surface area contributed by atoms with Gasteiger partial charge in [0.1, 0.15) is 6.04 Å². The van der Waals surface area contributed by atoms with E-state index in [1.807, 2.05) is 24.1 Å². The highest BCUT2D eigenvalue weighted by atomic mass is 16.2. The molecule has 2 aliphatic heterocycles. The van der Waals surface area contributed by atoms with Crippen molar-refractivity contribution < 1.29 is 4.79 Å². The average Bonchev–Trinajstić information content (AvgIpc) is 3.01. The molecule has 3 atom stereocenters. The minimum atomic E-state index is -0.184. The van der Waals surface area contributed by atoms with E-state index in [-0.39, 0.29) is 11.9 Å². The van der Waals surface area contributed by atoms with Gasteiger partial charge in [0.2, 0.25) is 5.91 Å². The van der Waals surface area contributed by atoms with E-state index in [9.17, 15) is 4.79 Å². The summed E-state index contributed by atoms with van der Waals surface area (Å²) in [5.74, 6) is 1.51. The lowest BCUT2D eigenvalue weighted by Crippen LogP contribution is -2.36. The fourth-order valence-electron chi connectivity index (χ4n) is 2.92. The van der Waals surface area contributed by atoms with Crippen LogP contribution in [0.4, 0.5) is 0 Å². The van der Waals surface area contributed by atoms with Crippen molar-refractivity contribution in [1.29, 1.82) is 0 Å². The van der Waals surface area contributed by atoms with Gasteiger partial charge in [0.25, 0.3) is 0 Å². The molecule has 1 amide bonds. The molecule has 5 nitrogen and oxygen atoms in total. The topological polar surface area (TPSA) is 50.2 Å². The molecular formula is C12H18N4O. The highest BCUT2D eigenvalue weighted by Crippen LogP contribution is 2.27. The standard InChI is InChI=1S/C12H18N4O/c1-9(16-4-2-3-14-16)12(17)15-7-10-5-13-6-11(10)8-15/h2-4,9-11,13H,5-8H2,1H3. The largest absolute Gasteiger partial charge is 0.340 e. The first-order valence-electron chi connectivity index (χ1n) is 6.24. The number of nitrogens with zero attached hydrogens (tertiary/aromatic N) is 3. The molecule has 2 fully saturated rings. The van der Waals surface area contributed by atoms with Crippen LogP contribution in [0.25, 0.3) is 0 Å². The predicted octanol–water partition coefficient (Wildman–Crippen LogP) is 0.122. The lowest BCUT2D eigenvalue weighted by atomic mass is 10.0. The number of nitrogens with one attached hydrogen (secondary N) is 1. The molecule has 1 N–H and O–H groups in total. The number of hydrogen-bond donors (Lipinski definition) is 1. The van der Waals surface area contributed by atoms with E-state index in [2.05, 4.69) is 10.4 Å². The van der Waals surface area contributed by atoms with Crippen molar-refractivity contribution in [3.63, 3.8) is 0 Å². The SMILES string of the molecule is CC(C(=O)N1CC2CNCC2C1)n1cccn1. The van der Waals surface area contributed by atoms with Crippen LogP contribution in [0.1, 0.15) is 13.0 Å². The summed E-state index contributed by atoms with van der Waals surface area (Å²) >= 11 is 0. The van der Waals surface area contributed by atoms with E-state index in [1.54, 1.807) is 10.9 Å². The summed E-state index contributed by atoms with van der Waals surface area (Å²) in [4.78, 5) is 14.3.